The Balaban J connectivity index is 1.57. The van der Waals surface area contributed by atoms with E-state index in [0.29, 0.717) is 29.1 Å². The number of rotatable bonds is 3. The number of nitrogens with zero attached hydrogens (tertiary/aromatic N) is 2. The number of hydrogen-bond acceptors (Lipinski definition) is 4. The molecule has 1 aliphatic heterocycles. The zero-order valence-corrected chi connectivity index (χ0v) is 17.9. The number of nitrogens with one attached hydrogen (secondary N) is 2. The minimum absolute atomic E-state index is 0.0946. The van der Waals surface area contributed by atoms with Crippen molar-refractivity contribution in [1.29, 1.82) is 0 Å². The van der Waals surface area contributed by atoms with Gasteiger partial charge < -0.3 is 10.6 Å². The highest BCUT2D eigenvalue weighted by Gasteiger charge is 2.37. The average Bonchev–Trinajstić information content (AvgIpc) is 3.18. The van der Waals surface area contributed by atoms with Crippen molar-refractivity contribution in [2.45, 2.75) is 25.3 Å². The maximum atomic E-state index is 13.2. The van der Waals surface area contributed by atoms with Gasteiger partial charge in [0.25, 0.3) is 5.91 Å². The Morgan fingerprint density at radius 1 is 1.19 bits per heavy atom. The van der Waals surface area contributed by atoms with Gasteiger partial charge >= 0.3 is 0 Å². The molecule has 1 atom stereocenters. The zero-order valence-electron chi connectivity index (χ0n) is 16.4. The lowest BCUT2D eigenvalue weighted by molar-refractivity contribution is -0.116. The number of anilines is 2. The topological polar surface area (TPSA) is 76.0 Å². The number of carbonyl (C=O) groups is 2. The summed E-state index contributed by atoms with van der Waals surface area (Å²) in [6.07, 6.45) is 3.49. The summed E-state index contributed by atoms with van der Waals surface area (Å²) in [6, 6.07) is 12.9. The molecule has 2 N–H and O–H groups in total. The van der Waals surface area contributed by atoms with E-state index in [9.17, 15) is 14.0 Å². The molecule has 156 valence electrons. The number of benzene rings is 2. The molecule has 6 nitrogen and oxygen atoms in total. The quantitative estimate of drug-likeness (QED) is 0.549. The van der Waals surface area contributed by atoms with Gasteiger partial charge in [-0.15, -0.1) is 0 Å². The van der Waals surface area contributed by atoms with E-state index < -0.39 is 6.04 Å². The summed E-state index contributed by atoms with van der Waals surface area (Å²) in [4.78, 5) is 25.8. The molecule has 3 aromatic rings. The summed E-state index contributed by atoms with van der Waals surface area (Å²) >= 11 is 3.51. The maximum absolute atomic E-state index is 13.2. The van der Waals surface area contributed by atoms with Gasteiger partial charge in [-0.1, -0.05) is 28.1 Å². The van der Waals surface area contributed by atoms with Gasteiger partial charge in [-0.2, -0.15) is 5.10 Å². The largest absolute Gasteiger partial charge is 0.343 e. The van der Waals surface area contributed by atoms with Gasteiger partial charge in [0.2, 0.25) is 0 Å². The molecular weight excluding hydrogens is 463 g/mol. The number of hydrogen-bond donors (Lipinski definition) is 2. The first kappa shape index (κ1) is 19.7. The molecule has 1 amide bonds. The van der Waals surface area contributed by atoms with Crippen molar-refractivity contribution in [2.75, 3.05) is 10.6 Å². The number of fused-ring (bicyclic) bond motifs is 1. The molecule has 8 heteroatoms. The van der Waals surface area contributed by atoms with E-state index in [1.807, 2.05) is 24.3 Å². The van der Waals surface area contributed by atoms with Crippen molar-refractivity contribution < 1.29 is 14.0 Å². The molecule has 0 bridgehead atoms. The molecular formula is C23H18BrFN4O2. The molecule has 0 saturated carbocycles. The highest BCUT2D eigenvalue weighted by Crippen LogP contribution is 2.42. The second kappa shape index (κ2) is 7.77. The Morgan fingerprint density at radius 3 is 2.77 bits per heavy atom. The van der Waals surface area contributed by atoms with Crippen LogP contribution in [-0.4, -0.2) is 21.5 Å². The van der Waals surface area contributed by atoms with Gasteiger partial charge in [0.05, 0.1) is 6.20 Å². The lowest BCUT2D eigenvalue weighted by atomic mass is 9.85. The zero-order chi connectivity index (χ0) is 21.5. The second-order valence-electron chi connectivity index (χ2n) is 7.56. The fourth-order valence-electron chi connectivity index (χ4n) is 4.14. The Kier molecular flexibility index (Phi) is 4.94. The van der Waals surface area contributed by atoms with Gasteiger partial charge in [0.1, 0.15) is 23.2 Å². The van der Waals surface area contributed by atoms with Crippen LogP contribution >= 0.6 is 15.9 Å². The summed E-state index contributed by atoms with van der Waals surface area (Å²) in [5, 5.41) is 10.5. The van der Waals surface area contributed by atoms with Gasteiger partial charge in [-0.3, -0.25) is 9.59 Å². The summed E-state index contributed by atoms with van der Waals surface area (Å²) in [6.45, 7) is 0. The normalized spacial score (nSPS) is 17.6. The first-order valence-electron chi connectivity index (χ1n) is 9.94. The van der Waals surface area contributed by atoms with Crippen LogP contribution in [0.4, 0.5) is 15.9 Å². The van der Waals surface area contributed by atoms with Crippen LogP contribution in [0.3, 0.4) is 0 Å². The minimum Gasteiger partial charge on any atom is -0.343 e. The molecule has 0 fully saturated rings. The molecule has 0 spiro atoms. The standard InChI is InChI=1S/C23H18BrFN4O2/c24-14-4-1-3-13(11-14)21-20-18(5-2-6-19(20)30)28-22-17(12-26-29(21)22)23(31)27-16-9-7-15(25)8-10-16/h1,3-4,7-12,21,28H,2,5-6H2,(H,27,31). The van der Waals surface area contributed by atoms with Crippen LogP contribution in [0.15, 0.2) is 70.5 Å². The van der Waals surface area contributed by atoms with Gasteiger partial charge in [0.15, 0.2) is 5.78 Å². The Hall–Kier alpha value is -3.26. The number of allylic oxidation sites excluding steroid dienone is 2. The number of amides is 1. The fraction of sp³-hybridized carbons (Fsp3) is 0.174. The molecule has 2 heterocycles. The summed E-state index contributed by atoms with van der Waals surface area (Å²) in [5.41, 5.74) is 3.29. The van der Waals surface area contributed by atoms with E-state index in [4.69, 9.17) is 0 Å². The van der Waals surface area contributed by atoms with Gasteiger partial charge in [-0.05, 0) is 54.8 Å². The van der Waals surface area contributed by atoms with Crippen LogP contribution in [0.5, 0.6) is 0 Å². The number of halogens is 2. The number of ketones is 1. The van der Waals surface area contributed by atoms with E-state index in [1.54, 1.807) is 4.68 Å². The lowest BCUT2D eigenvalue weighted by Crippen LogP contribution is -2.32. The first-order chi connectivity index (χ1) is 15.0. The van der Waals surface area contributed by atoms with Crippen LogP contribution in [0.1, 0.15) is 41.2 Å². The van der Waals surface area contributed by atoms with E-state index in [2.05, 4.69) is 31.7 Å². The fourth-order valence-corrected chi connectivity index (χ4v) is 4.56. The van der Waals surface area contributed by atoms with E-state index in [0.717, 1.165) is 28.6 Å². The third-order valence-corrected chi connectivity index (χ3v) is 6.04. The van der Waals surface area contributed by atoms with Gasteiger partial charge in [0, 0.05) is 27.9 Å². The predicted molar refractivity (Wildman–Crippen MR) is 118 cm³/mol. The van der Waals surface area contributed by atoms with Crippen molar-refractivity contribution in [1.82, 2.24) is 9.78 Å². The predicted octanol–water partition coefficient (Wildman–Crippen LogP) is 5.06. The van der Waals surface area contributed by atoms with E-state index >= 15 is 0 Å². The molecule has 1 unspecified atom stereocenters. The number of carbonyl (C=O) groups excluding carboxylic acids is 2. The Labute approximate surface area is 186 Å². The third kappa shape index (κ3) is 3.57. The highest BCUT2D eigenvalue weighted by atomic mass is 79.9. The van der Waals surface area contributed by atoms with Crippen LogP contribution in [-0.2, 0) is 4.79 Å². The highest BCUT2D eigenvalue weighted by molar-refractivity contribution is 9.10. The van der Waals surface area contributed by atoms with Crippen molar-refractivity contribution in [3.8, 4) is 0 Å². The van der Waals surface area contributed by atoms with E-state index in [1.165, 1.54) is 30.5 Å². The summed E-state index contributed by atoms with van der Waals surface area (Å²) < 4.78 is 15.8. The molecule has 1 aromatic heterocycles. The maximum Gasteiger partial charge on any atom is 0.261 e. The van der Waals surface area contributed by atoms with Crippen LogP contribution in [0, 0.1) is 5.82 Å². The third-order valence-electron chi connectivity index (χ3n) is 5.55. The molecule has 2 aliphatic rings. The number of aromatic nitrogens is 2. The van der Waals surface area contributed by atoms with E-state index in [-0.39, 0.29) is 17.5 Å². The monoisotopic (exact) mass is 480 g/mol. The molecule has 0 radical (unpaired) electrons. The lowest BCUT2D eigenvalue weighted by Gasteiger charge is -2.33. The second-order valence-corrected chi connectivity index (χ2v) is 8.48. The first-order valence-corrected chi connectivity index (χ1v) is 10.7. The summed E-state index contributed by atoms with van der Waals surface area (Å²) in [5.74, 6) is -0.101. The van der Waals surface area contributed by atoms with Crippen LogP contribution in [0.2, 0.25) is 0 Å². The minimum atomic E-state index is -0.413. The Morgan fingerprint density at radius 2 is 2.00 bits per heavy atom. The smallest absolute Gasteiger partial charge is 0.261 e. The summed E-state index contributed by atoms with van der Waals surface area (Å²) in [7, 11) is 0. The average molecular weight is 481 g/mol. The molecule has 2 aromatic carbocycles. The molecule has 5 rings (SSSR count). The molecule has 1 aliphatic carbocycles. The van der Waals surface area contributed by atoms with Gasteiger partial charge in [-0.25, -0.2) is 9.07 Å². The van der Waals surface area contributed by atoms with Crippen LogP contribution < -0.4 is 10.6 Å². The van der Waals surface area contributed by atoms with Crippen LogP contribution in [0.25, 0.3) is 0 Å². The van der Waals surface area contributed by atoms with Crippen molar-refractivity contribution in [3.63, 3.8) is 0 Å². The van der Waals surface area contributed by atoms with Crippen molar-refractivity contribution in [3.05, 3.63) is 87.4 Å². The Bertz CT molecular complexity index is 1230. The van der Waals surface area contributed by atoms with Crippen molar-refractivity contribution in [2.24, 2.45) is 0 Å². The molecule has 31 heavy (non-hydrogen) atoms. The van der Waals surface area contributed by atoms with Crippen molar-refractivity contribution >= 4 is 39.1 Å². The molecule has 0 saturated heterocycles. The number of Topliss-reactive ketones (excluding diaryl/α,β-unsaturated/α-hetero) is 1. The SMILES string of the molecule is O=C1CCCC2=C1C(c1cccc(Br)c1)n1ncc(C(=O)Nc3ccc(F)cc3)c1N2.